The molecule has 132 valence electrons. The molecule has 1 atom stereocenters. The number of hydrogen-bond donors (Lipinski definition) is 2. The summed E-state index contributed by atoms with van der Waals surface area (Å²) in [5.41, 5.74) is 6.46. The normalized spacial score (nSPS) is 16.3. The summed E-state index contributed by atoms with van der Waals surface area (Å²) in [5, 5.41) is 11.8. The Kier molecular flexibility index (Phi) is 4.10. The molecule has 2 heterocycles. The van der Waals surface area contributed by atoms with Crippen LogP contribution >= 0.6 is 0 Å². The van der Waals surface area contributed by atoms with Gasteiger partial charge in [0.25, 0.3) is 5.91 Å². The average Bonchev–Trinajstić information content (AvgIpc) is 3.10. The highest BCUT2D eigenvalue weighted by atomic mass is 16.5. The van der Waals surface area contributed by atoms with Crippen molar-refractivity contribution in [2.75, 3.05) is 17.7 Å². The average molecular weight is 353 g/mol. The van der Waals surface area contributed by atoms with Crippen molar-refractivity contribution < 1.29 is 19.1 Å². The van der Waals surface area contributed by atoms with Crippen LogP contribution in [0.25, 0.3) is 5.69 Å². The first kappa shape index (κ1) is 17.0. The number of esters is 1. The molecular formula is C17H15N5O4. The molecular weight excluding hydrogens is 338 g/mol. The number of nitrogen functional groups attached to an aromatic ring is 1. The fraction of sp³-hybridized carbons (Fsp3) is 0.176. The molecule has 1 aliphatic rings. The first-order valence-electron chi connectivity index (χ1n) is 7.63. The lowest BCUT2D eigenvalue weighted by Crippen LogP contribution is -2.32. The van der Waals surface area contributed by atoms with Crippen LogP contribution in [-0.4, -0.2) is 35.6 Å². The molecule has 3 N–H and O–H groups in total. The van der Waals surface area contributed by atoms with Crippen LogP contribution in [0.3, 0.4) is 0 Å². The molecule has 0 saturated carbocycles. The van der Waals surface area contributed by atoms with E-state index in [2.05, 4.69) is 5.32 Å². The predicted octanol–water partition coefficient (Wildman–Crippen LogP) is 1.16. The number of carbonyl (C=O) groups is 3. The zero-order chi connectivity index (χ0) is 19.0. The molecule has 26 heavy (non-hydrogen) atoms. The van der Waals surface area contributed by atoms with Gasteiger partial charge in [0.15, 0.2) is 5.69 Å². The van der Waals surface area contributed by atoms with Gasteiger partial charge in [0, 0.05) is 6.20 Å². The molecule has 2 aromatic rings. The summed E-state index contributed by atoms with van der Waals surface area (Å²) in [7, 11) is 1.19. The lowest BCUT2D eigenvalue weighted by molar-refractivity contribution is -0.117. The van der Waals surface area contributed by atoms with Crippen LogP contribution in [0.15, 0.2) is 30.5 Å². The summed E-state index contributed by atoms with van der Waals surface area (Å²) >= 11 is 0. The molecule has 0 aliphatic carbocycles. The number of amides is 3. The maximum atomic E-state index is 12.4. The van der Waals surface area contributed by atoms with Crippen molar-refractivity contribution in [1.82, 2.24) is 9.88 Å². The lowest BCUT2D eigenvalue weighted by Gasteiger charge is -2.19. The fourth-order valence-corrected chi connectivity index (χ4v) is 2.79. The standard InChI is InChI=1S/C17H15N5O4/c1-9-15(23)22(17(25)20-9)12-6-4-3-5-11(12)21-8-10(7-18)13(19)14(21)16(24)26-2/h3-6,8-9H,19H2,1-2H3,(H,20,25). The van der Waals surface area contributed by atoms with Crippen LogP contribution in [0, 0.1) is 11.3 Å². The maximum Gasteiger partial charge on any atom is 0.357 e. The number of rotatable bonds is 3. The number of methoxy groups -OCH3 is 1. The monoisotopic (exact) mass is 353 g/mol. The smallest absolute Gasteiger partial charge is 0.357 e. The van der Waals surface area contributed by atoms with Gasteiger partial charge < -0.3 is 20.4 Å². The number of anilines is 2. The van der Waals surface area contributed by atoms with Crippen LogP contribution < -0.4 is 16.0 Å². The molecule has 1 fully saturated rings. The molecule has 0 bridgehead atoms. The molecule has 1 aliphatic heterocycles. The summed E-state index contributed by atoms with van der Waals surface area (Å²) < 4.78 is 6.10. The second-order valence-corrected chi connectivity index (χ2v) is 5.61. The highest BCUT2D eigenvalue weighted by Gasteiger charge is 2.38. The van der Waals surface area contributed by atoms with E-state index in [9.17, 15) is 19.6 Å². The zero-order valence-corrected chi connectivity index (χ0v) is 14.0. The first-order valence-corrected chi connectivity index (χ1v) is 7.63. The Bertz CT molecular complexity index is 972. The van der Waals surface area contributed by atoms with Gasteiger partial charge in [-0.3, -0.25) is 4.79 Å². The van der Waals surface area contributed by atoms with Gasteiger partial charge in [-0.15, -0.1) is 0 Å². The van der Waals surface area contributed by atoms with Crippen molar-refractivity contribution in [2.24, 2.45) is 0 Å². The van der Waals surface area contributed by atoms with Crippen LogP contribution in [0.4, 0.5) is 16.2 Å². The number of urea groups is 1. The Morgan fingerprint density at radius 3 is 2.50 bits per heavy atom. The summed E-state index contributed by atoms with van der Waals surface area (Å²) in [6, 6.07) is 7.15. The van der Waals surface area contributed by atoms with E-state index >= 15 is 0 Å². The number of nitrogens with one attached hydrogen (secondary N) is 1. The van der Waals surface area contributed by atoms with E-state index < -0.39 is 23.9 Å². The SMILES string of the molecule is COC(=O)c1c(N)c(C#N)cn1-c1ccccc1N1C(=O)NC(C)C1=O. The number of carbonyl (C=O) groups excluding carboxylic acids is 3. The minimum absolute atomic E-state index is 0.0419. The molecule has 1 saturated heterocycles. The molecule has 9 nitrogen and oxygen atoms in total. The Balaban J connectivity index is 2.25. The van der Waals surface area contributed by atoms with Crippen LogP contribution in [-0.2, 0) is 9.53 Å². The number of ether oxygens (including phenoxy) is 1. The number of benzene rings is 1. The summed E-state index contributed by atoms with van der Waals surface area (Å²) in [5.74, 6) is -1.17. The molecule has 3 amide bonds. The number of nitriles is 1. The van der Waals surface area contributed by atoms with E-state index in [0.717, 1.165) is 4.90 Å². The number of imide groups is 1. The van der Waals surface area contributed by atoms with Gasteiger partial charge in [-0.2, -0.15) is 5.26 Å². The molecule has 0 radical (unpaired) electrons. The van der Waals surface area contributed by atoms with Crippen LogP contribution in [0.1, 0.15) is 23.0 Å². The zero-order valence-electron chi connectivity index (χ0n) is 14.0. The predicted molar refractivity (Wildman–Crippen MR) is 91.7 cm³/mol. The van der Waals surface area contributed by atoms with Crippen molar-refractivity contribution in [1.29, 1.82) is 5.26 Å². The van der Waals surface area contributed by atoms with E-state index in [1.54, 1.807) is 31.2 Å². The van der Waals surface area contributed by atoms with Gasteiger partial charge in [-0.05, 0) is 19.1 Å². The van der Waals surface area contributed by atoms with E-state index in [0.29, 0.717) is 5.69 Å². The summed E-state index contributed by atoms with van der Waals surface area (Å²) in [6.07, 6.45) is 1.36. The van der Waals surface area contributed by atoms with E-state index in [-0.39, 0.29) is 22.6 Å². The third-order valence-electron chi connectivity index (χ3n) is 4.06. The van der Waals surface area contributed by atoms with Gasteiger partial charge in [-0.25, -0.2) is 14.5 Å². The number of para-hydroxylation sites is 2. The molecule has 1 unspecified atom stereocenters. The second kappa shape index (κ2) is 6.25. The van der Waals surface area contributed by atoms with E-state index in [1.165, 1.54) is 17.9 Å². The number of nitrogens with two attached hydrogens (primary N) is 1. The Hall–Kier alpha value is -3.80. The molecule has 9 heteroatoms. The minimum Gasteiger partial charge on any atom is -0.464 e. The Morgan fingerprint density at radius 1 is 1.31 bits per heavy atom. The van der Waals surface area contributed by atoms with Crippen molar-refractivity contribution >= 4 is 29.3 Å². The van der Waals surface area contributed by atoms with Crippen LogP contribution in [0.5, 0.6) is 0 Å². The minimum atomic E-state index is -0.746. The van der Waals surface area contributed by atoms with Gasteiger partial charge in [0.05, 0.1) is 29.7 Å². The molecule has 1 aromatic heterocycles. The van der Waals surface area contributed by atoms with Gasteiger partial charge >= 0.3 is 12.0 Å². The Morgan fingerprint density at radius 2 is 1.96 bits per heavy atom. The molecule has 1 aromatic carbocycles. The highest BCUT2D eigenvalue weighted by molar-refractivity contribution is 6.22. The summed E-state index contributed by atoms with van der Waals surface area (Å²) in [4.78, 5) is 37.7. The lowest BCUT2D eigenvalue weighted by atomic mass is 10.2. The largest absolute Gasteiger partial charge is 0.464 e. The third kappa shape index (κ3) is 2.44. The van der Waals surface area contributed by atoms with Crippen molar-refractivity contribution in [3.8, 4) is 11.8 Å². The fourth-order valence-electron chi connectivity index (χ4n) is 2.79. The van der Waals surface area contributed by atoms with E-state index in [4.69, 9.17) is 10.5 Å². The van der Waals surface area contributed by atoms with E-state index in [1.807, 2.05) is 6.07 Å². The maximum absolute atomic E-state index is 12.4. The highest BCUT2D eigenvalue weighted by Crippen LogP contribution is 2.32. The third-order valence-corrected chi connectivity index (χ3v) is 4.06. The Labute approximate surface area is 148 Å². The van der Waals surface area contributed by atoms with Gasteiger partial charge in [-0.1, -0.05) is 12.1 Å². The number of nitrogens with zero attached hydrogens (tertiary/aromatic N) is 3. The molecule has 0 spiro atoms. The molecule has 3 rings (SSSR count). The van der Waals surface area contributed by atoms with Crippen molar-refractivity contribution in [2.45, 2.75) is 13.0 Å². The summed E-state index contributed by atoms with van der Waals surface area (Å²) in [6.45, 7) is 1.57. The number of aromatic nitrogens is 1. The number of hydrogen-bond acceptors (Lipinski definition) is 6. The van der Waals surface area contributed by atoms with Crippen molar-refractivity contribution in [3.05, 3.63) is 41.7 Å². The topological polar surface area (TPSA) is 130 Å². The van der Waals surface area contributed by atoms with Crippen LogP contribution in [0.2, 0.25) is 0 Å². The first-order chi connectivity index (χ1) is 12.4. The quantitative estimate of drug-likeness (QED) is 0.629. The second-order valence-electron chi connectivity index (χ2n) is 5.61. The van der Waals surface area contributed by atoms with Gasteiger partial charge in [0.1, 0.15) is 12.1 Å². The van der Waals surface area contributed by atoms with Gasteiger partial charge in [0.2, 0.25) is 0 Å². The van der Waals surface area contributed by atoms with Crippen molar-refractivity contribution in [3.63, 3.8) is 0 Å².